The molecule has 34 heavy (non-hydrogen) atoms. The molecule has 0 heterocycles. The maximum atomic E-state index is 6.88. The zero-order chi connectivity index (χ0) is 25.7. The minimum Gasteiger partial charge on any atom is -0.416 e. The van der Waals surface area contributed by atoms with Gasteiger partial charge in [-0.1, -0.05) is 76.0 Å². The first-order chi connectivity index (χ1) is 16.5. The molecule has 0 bridgehead atoms. The van der Waals surface area contributed by atoms with Crippen molar-refractivity contribution in [2.75, 3.05) is 13.2 Å². The first-order valence-corrected chi connectivity index (χ1v) is 18.4. The van der Waals surface area contributed by atoms with Crippen LogP contribution in [0.1, 0.15) is 52.4 Å². The van der Waals surface area contributed by atoms with Crippen molar-refractivity contribution in [3.05, 3.63) is 75.9 Å². The van der Waals surface area contributed by atoms with Gasteiger partial charge >= 0.3 is 0 Å². The summed E-state index contributed by atoms with van der Waals surface area (Å²) in [6, 6.07) is 5.64. The van der Waals surface area contributed by atoms with Gasteiger partial charge in [0.2, 0.25) is 16.6 Å². The van der Waals surface area contributed by atoms with Gasteiger partial charge in [0.1, 0.15) is 0 Å². The quantitative estimate of drug-likeness (QED) is 0.0913. The van der Waals surface area contributed by atoms with Crippen LogP contribution in [0.4, 0.5) is 0 Å². The van der Waals surface area contributed by atoms with E-state index in [1.165, 1.54) is 38.5 Å². The molecule has 0 N–H and O–H groups in total. The molecule has 0 spiro atoms. The van der Waals surface area contributed by atoms with Crippen molar-refractivity contribution in [3.8, 4) is 0 Å². The van der Waals surface area contributed by atoms with Crippen molar-refractivity contribution in [1.82, 2.24) is 0 Å². The first kappa shape index (κ1) is 32.8. The van der Waals surface area contributed by atoms with Gasteiger partial charge in [0.05, 0.1) is 0 Å². The predicted molar refractivity (Wildman–Crippen MR) is 159 cm³/mol. The highest BCUT2D eigenvalue weighted by atomic mass is 28.4. The monoisotopic (exact) mass is 502 g/mol. The third-order valence-electron chi connectivity index (χ3n) is 6.83. The molecule has 0 aliphatic carbocycles. The zero-order valence-electron chi connectivity index (χ0n) is 22.6. The summed E-state index contributed by atoms with van der Waals surface area (Å²) < 4.78 is 13.8. The molecular weight excluding hydrogens is 449 g/mol. The van der Waals surface area contributed by atoms with E-state index in [0.717, 1.165) is 49.5 Å². The van der Waals surface area contributed by atoms with Crippen molar-refractivity contribution >= 4 is 16.6 Å². The SMILES string of the molecule is C=CC[Si](CC=C)(CC=C)OCC(CCCC)C(CCCC)CO[Si](CC=C)(CC=C)CC=C. The molecule has 0 aromatic rings. The first-order valence-electron chi connectivity index (χ1n) is 13.4. The smallest absolute Gasteiger partial charge is 0.203 e. The predicted octanol–water partition coefficient (Wildman–Crippen LogP) is 9.64. The average molecular weight is 503 g/mol. The Balaban J connectivity index is 5.79. The van der Waals surface area contributed by atoms with Gasteiger partial charge in [-0.05, 0) is 60.9 Å². The fourth-order valence-electron chi connectivity index (χ4n) is 4.84. The Morgan fingerprint density at radius 2 is 0.794 bits per heavy atom. The van der Waals surface area contributed by atoms with Crippen LogP contribution in [-0.4, -0.2) is 29.8 Å². The summed E-state index contributed by atoms with van der Waals surface area (Å²) in [6.07, 6.45) is 19.4. The third kappa shape index (κ3) is 12.5. The molecule has 0 rings (SSSR count). The fraction of sp³-hybridized carbons (Fsp3) is 0.600. The zero-order valence-corrected chi connectivity index (χ0v) is 24.6. The highest BCUT2D eigenvalue weighted by molar-refractivity contribution is 6.75. The molecule has 0 saturated carbocycles. The van der Waals surface area contributed by atoms with Gasteiger partial charge in [-0.2, -0.15) is 0 Å². The second-order valence-electron chi connectivity index (χ2n) is 9.75. The lowest BCUT2D eigenvalue weighted by molar-refractivity contribution is 0.116. The number of hydrogen-bond acceptors (Lipinski definition) is 2. The van der Waals surface area contributed by atoms with Crippen molar-refractivity contribution in [2.45, 2.75) is 88.6 Å². The van der Waals surface area contributed by atoms with Crippen LogP contribution in [-0.2, 0) is 8.85 Å². The molecule has 2 unspecified atom stereocenters. The fourth-order valence-corrected chi connectivity index (χ4v) is 10.8. The minimum atomic E-state index is -2.00. The molecular formula is C30H54O2Si2. The van der Waals surface area contributed by atoms with E-state index in [4.69, 9.17) is 8.85 Å². The van der Waals surface area contributed by atoms with Gasteiger partial charge in [-0.25, -0.2) is 0 Å². The number of unbranched alkanes of at least 4 members (excludes halogenated alkanes) is 2. The molecule has 0 aliphatic rings. The standard InChI is InChI=1S/C30H54O2Si2/c1-9-17-19-29(27-31-33(21-11-3,22-12-4)23-13-5)30(20-18-10-2)28-32-34(24-14-6,25-15-7)26-16-8/h11-16,29-30H,3-10,17-28H2,1-2H3. The van der Waals surface area contributed by atoms with Crippen LogP contribution in [0.2, 0.25) is 36.3 Å². The number of hydrogen-bond donors (Lipinski definition) is 0. The molecule has 194 valence electrons. The van der Waals surface area contributed by atoms with Gasteiger partial charge in [0, 0.05) is 13.2 Å². The van der Waals surface area contributed by atoms with Gasteiger partial charge in [-0.3, -0.25) is 0 Å². The number of allylic oxidation sites excluding steroid dienone is 6. The normalized spacial score (nSPS) is 13.6. The second kappa shape index (κ2) is 20.0. The third-order valence-corrected chi connectivity index (χ3v) is 14.6. The van der Waals surface area contributed by atoms with Gasteiger partial charge in [0.25, 0.3) is 0 Å². The molecule has 0 radical (unpaired) electrons. The van der Waals surface area contributed by atoms with Crippen molar-refractivity contribution in [2.24, 2.45) is 11.8 Å². The van der Waals surface area contributed by atoms with Crippen molar-refractivity contribution in [3.63, 3.8) is 0 Å². The summed E-state index contributed by atoms with van der Waals surface area (Å²) in [7, 11) is -4.00. The summed E-state index contributed by atoms with van der Waals surface area (Å²) in [6.45, 7) is 30.3. The van der Waals surface area contributed by atoms with Gasteiger partial charge < -0.3 is 8.85 Å². The van der Waals surface area contributed by atoms with Crippen LogP contribution in [0, 0.1) is 11.8 Å². The highest BCUT2D eigenvalue weighted by Gasteiger charge is 2.35. The Bertz CT molecular complexity index is 494. The Morgan fingerprint density at radius 3 is 1.00 bits per heavy atom. The van der Waals surface area contributed by atoms with Crippen molar-refractivity contribution in [1.29, 1.82) is 0 Å². The van der Waals surface area contributed by atoms with E-state index in [1.54, 1.807) is 0 Å². The Hall–Kier alpha value is -1.21. The molecule has 0 aromatic heterocycles. The van der Waals surface area contributed by atoms with Crippen LogP contribution in [0.25, 0.3) is 0 Å². The molecule has 0 aliphatic heterocycles. The van der Waals surface area contributed by atoms with Gasteiger partial charge in [-0.15, -0.1) is 39.5 Å². The second-order valence-corrected chi connectivity index (χ2v) is 17.5. The largest absolute Gasteiger partial charge is 0.416 e. The Kier molecular flexibility index (Phi) is 19.3. The molecule has 0 saturated heterocycles. The lowest BCUT2D eigenvalue weighted by atomic mass is 9.85. The Labute approximate surface area is 214 Å². The number of rotatable bonds is 25. The summed E-state index contributed by atoms with van der Waals surface area (Å²) in [5.41, 5.74) is 0. The van der Waals surface area contributed by atoms with E-state index in [2.05, 4.69) is 53.3 Å². The Morgan fingerprint density at radius 1 is 0.529 bits per heavy atom. The summed E-state index contributed by atoms with van der Waals surface area (Å²) in [5.74, 6) is 1.00. The highest BCUT2D eigenvalue weighted by Crippen LogP contribution is 2.32. The summed E-state index contributed by atoms with van der Waals surface area (Å²) in [5, 5.41) is 0. The maximum absolute atomic E-state index is 6.88. The van der Waals surface area contributed by atoms with E-state index in [0.29, 0.717) is 11.8 Å². The molecule has 4 heteroatoms. The van der Waals surface area contributed by atoms with E-state index in [1.807, 2.05) is 36.5 Å². The lowest BCUT2D eigenvalue weighted by Gasteiger charge is -2.36. The van der Waals surface area contributed by atoms with Gasteiger partial charge in [0.15, 0.2) is 0 Å². The minimum absolute atomic E-state index is 0.501. The van der Waals surface area contributed by atoms with E-state index < -0.39 is 16.6 Å². The maximum Gasteiger partial charge on any atom is 0.203 e. The van der Waals surface area contributed by atoms with Crippen molar-refractivity contribution < 1.29 is 8.85 Å². The van der Waals surface area contributed by atoms with Crippen LogP contribution < -0.4 is 0 Å². The van der Waals surface area contributed by atoms with E-state index in [-0.39, 0.29) is 0 Å². The van der Waals surface area contributed by atoms with Crippen LogP contribution in [0.3, 0.4) is 0 Å². The average Bonchev–Trinajstić information content (AvgIpc) is 2.81. The lowest BCUT2D eigenvalue weighted by Crippen LogP contribution is -2.41. The summed E-state index contributed by atoms with van der Waals surface area (Å²) in [4.78, 5) is 0. The van der Waals surface area contributed by atoms with Crippen LogP contribution >= 0.6 is 0 Å². The summed E-state index contributed by atoms with van der Waals surface area (Å²) >= 11 is 0. The molecule has 2 atom stereocenters. The van der Waals surface area contributed by atoms with Crippen LogP contribution in [0.5, 0.6) is 0 Å². The molecule has 0 amide bonds. The van der Waals surface area contributed by atoms with E-state index in [9.17, 15) is 0 Å². The van der Waals surface area contributed by atoms with E-state index >= 15 is 0 Å². The van der Waals surface area contributed by atoms with Crippen LogP contribution in [0.15, 0.2) is 75.9 Å². The molecule has 2 nitrogen and oxygen atoms in total. The molecule has 0 fully saturated rings. The topological polar surface area (TPSA) is 18.5 Å². The molecule has 0 aromatic carbocycles.